The summed E-state index contributed by atoms with van der Waals surface area (Å²) in [5.41, 5.74) is 0. The van der Waals surface area contributed by atoms with Crippen molar-refractivity contribution in [2.75, 3.05) is 27.7 Å². The summed E-state index contributed by atoms with van der Waals surface area (Å²) in [6.45, 7) is 0.923. The summed E-state index contributed by atoms with van der Waals surface area (Å²) in [5.74, 6) is -3.21. The lowest BCUT2D eigenvalue weighted by Gasteiger charge is -2.23. The molecule has 0 atom stereocenters. The quantitative estimate of drug-likeness (QED) is 0.468. The van der Waals surface area contributed by atoms with Crippen molar-refractivity contribution in [2.45, 2.75) is 12.8 Å². The number of aliphatic carboxylic acids is 3. The Balaban J connectivity index is 0. The van der Waals surface area contributed by atoms with Crippen LogP contribution in [-0.2, 0) is 14.4 Å². The monoisotopic (exact) mass is 262 g/mol. The number of nitrogens with zero attached hydrogens (tertiary/aromatic N) is 1. The standard InChI is InChI=1S/C7H15NO2.C4H4O4/c1-8(2,3)6-4-5-7(9)10;5-3(6)1-2-4(7)8/h4-6H2,1-3H3;1-2H,(H,5,6)(H,7,8)/p+1/b;2-1+. The van der Waals surface area contributed by atoms with Gasteiger partial charge in [-0.15, -0.1) is 0 Å². The van der Waals surface area contributed by atoms with Crippen LogP contribution < -0.4 is 0 Å². The maximum atomic E-state index is 10.1. The number of carbonyl (C=O) groups is 3. The van der Waals surface area contributed by atoms with Gasteiger partial charge in [-0.05, 0) is 0 Å². The van der Waals surface area contributed by atoms with Crippen molar-refractivity contribution in [1.82, 2.24) is 0 Å². The van der Waals surface area contributed by atoms with E-state index in [9.17, 15) is 14.4 Å². The van der Waals surface area contributed by atoms with Crippen molar-refractivity contribution in [3.63, 3.8) is 0 Å². The van der Waals surface area contributed by atoms with E-state index in [1.54, 1.807) is 0 Å². The second-order valence-electron chi connectivity index (χ2n) is 4.52. The van der Waals surface area contributed by atoms with Gasteiger partial charge in [-0.1, -0.05) is 0 Å². The third-order valence-electron chi connectivity index (χ3n) is 1.59. The molecule has 0 spiro atoms. The Morgan fingerprint density at radius 1 is 0.944 bits per heavy atom. The van der Waals surface area contributed by atoms with E-state index in [1.165, 1.54) is 0 Å². The minimum atomic E-state index is -1.26. The third-order valence-corrected chi connectivity index (χ3v) is 1.59. The highest BCUT2D eigenvalue weighted by atomic mass is 16.4. The Kier molecular flexibility index (Phi) is 9.41. The van der Waals surface area contributed by atoms with E-state index < -0.39 is 17.9 Å². The molecule has 0 amide bonds. The van der Waals surface area contributed by atoms with E-state index in [-0.39, 0.29) is 6.42 Å². The fourth-order valence-electron chi connectivity index (χ4n) is 0.847. The molecule has 0 fully saturated rings. The molecule has 0 aromatic heterocycles. The van der Waals surface area contributed by atoms with E-state index in [2.05, 4.69) is 21.1 Å². The van der Waals surface area contributed by atoms with Gasteiger partial charge in [0.05, 0.1) is 34.1 Å². The van der Waals surface area contributed by atoms with Gasteiger partial charge >= 0.3 is 17.9 Å². The average Bonchev–Trinajstić information content (AvgIpc) is 2.13. The van der Waals surface area contributed by atoms with Gasteiger partial charge < -0.3 is 19.8 Å². The molecule has 0 radical (unpaired) electrons. The molecule has 0 saturated carbocycles. The highest BCUT2D eigenvalue weighted by Gasteiger charge is 2.07. The molecular formula is C11H20NO6+. The minimum absolute atomic E-state index is 0.287. The zero-order valence-corrected chi connectivity index (χ0v) is 10.8. The van der Waals surface area contributed by atoms with Crippen LogP contribution in [0.5, 0.6) is 0 Å². The van der Waals surface area contributed by atoms with Gasteiger partial charge in [-0.3, -0.25) is 4.79 Å². The third kappa shape index (κ3) is 23.7. The Bertz CT molecular complexity index is 300. The van der Waals surface area contributed by atoms with E-state index in [4.69, 9.17) is 15.3 Å². The molecule has 0 aromatic carbocycles. The van der Waals surface area contributed by atoms with Crippen LogP contribution in [0.1, 0.15) is 12.8 Å². The summed E-state index contributed by atoms with van der Waals surface area (Å²) < 4.78 is 0.841. The second kappa shape index (κ2) is 9.17. The van der Waals surface area contributed by atoms with E-state index >= 15 is 0 Å². The average molecular weight is 262 g/mol. The molecule has 0 aliphatic carbocycles. The van der Waals surface area contributed by atoms with E-state index in [1.807, 2.05) is 0 Å². The summed E-state index contributed by atoms with van der Waals surface area (Å²) in [6.07, 6.45) is 2.17. The molecule has 0 heterocycles. The summed E-state index contributed by atoms with van der Waals surface area (Å²) in [5, 5.41) is 23.9. The van der Waals surface area contributed by atoms with Gasteiger partial charge in [0, 0.05) is 18.6 Å². The Morgan fingerprint density at radius 3 is 1.56 bits per heavy atom. The zero-order chi connectivity index (χ0) is 14.8. The summed E-state index contributed by atoms with van der Waals surface area (Å²) >= 11 is 0. The molecule has 3 N–H and O–H groups in total. The van der Waals surface area contributed by atoms with Crippen molar-refractivity contribution < 1.29 is 34.2 Å². The molecule has 0 unspecified atom stereocenters. The van der Waals surface area contributed by atoms with Crippen LogP contribution in [-0.4, -0.2) is 65.4 Å². The molecule has 0 aliphatic heterocycles. The number of carboxylic acid groups (broad SMARTS) is 3. The largest absolute Gasteiger partial charge is 0.481 e. The first-order chi connectivity index (χ1) is 8.04. The molecule has 0 rings (SSSR count). The molecule has 0 bridgehead atoms. The van der Waals surface area contributed by atoms with Crippen molar-refractivity contribution >= 4 is 17.9 Å². The fraction of sp³-hybridized carbons (Fsp3) is 0.545. The topological polar surface area (TPSA) is 112 Å². The van der Waals surface area contributed by atoms with E-state index in [0.717, 1.165) is 17.4 Å². The van der Waals surface area contributed by atoms with Crippen LogP contribution >= 0.6 is 0 Å². The predicted octanol–water partition coefficient (Wildman–Crippen LogP) is 0.269. The summed E-state index contributed by atoms with van der Waals surface area (Å²) in [6, 6.07) is 0. The maximum Gasteiger partial charge on any atom is 0.328 e. The van der Waals surface area contributed by atoms with Gasteiger partial charge in [0.2, 0.25) is 0 Å². The second-order valence-corrected chi connectivity index (χ2v) is 4.52. The predicted molar refractivity (Wildman–Crippen MR) is 64.2 cm³/mol. The SMILES string of the molecule is C[N+](C)(C)CCCC(=O)O.O=C(O)/C=C/C(=O)O. The van der Waals surface area contributed by atoms with Gasteiger partial charge in [0.15, 0.2) is 0 Å². The fourth-order valence-corrected chi connectivity index (χ4v) is 0.847. The molecule has 0 saturated heterocycles. The van der Waals surface area contributed by atoms with Gasteiger partial charge in [0.1, 0.15) is 0 Å². The molecule has 7 heteroatoms. The Labute approximate surface area is 106 Å². The van der Waals surface area contributed by atoms with Gasteiger partial charge in [0.25, 0.3) is 0 Å². The Hall–Kier alpha value is -1.89. The van der Waals surface area contributed by atoms with Crippen LogP contribution in [0.15, 0.2) is 12.2 Å². The first-order valence-corrected chi connectivity index (χ1v) is 5.21. The smallest absolute Gasteiger partial charge is 0.328 e. The minimum Gasteiger partial charge on any atom is -0.481 e. The normalized spacial score (nSPS) is 10.6. The van der Waals surface area contributed by atoms with Crippen molar-refractivity contribution in [2.24, 2.45) is 0 Å². The zero-order valence-electron chi connectivity index (χ0n) is 10.8. The van der Waals surface area contributed by atoms with Crippen LogP contribution in [0, 0.1) is 0 Å². The number of hydrogen-bond donors (Lipinski definition) is 3. The molecule has 18 heavy (non-hydrogen) atoms. The molecule has 0 aromatic rings. The van der Waals surface area contributed by atoms with Crippen molar-refractivity contribution in [1.29, 1.82) is 0 Å². The van der Waals surface area contributed by atoms with Gasteiger partial charge in [-0.25, -0.2) is 9.59 Å². The first kappa shape index (κ1) is 18.5. The lowest BCUT2D eigenvalue weighted by molar-refractivity contribution is -0.870. The number of hydrogen-bond acceptors (Lipinski definition) is 3. The molecule has 0 aliphatic rings. The number of carboxylic acids is 3. The van der Waals surface area contributed by atoms with Crippen molar-refractivity contribution in [3.8, 4) is 0 Å². The maximum absolute atomic E-state index is 10.1. The molecule has 104 valence electrons. The summed E-state index contributed by atoms with van der Waals surface area (Å²) in [4.78, 5) is 29.2. The lowest BCUT2D eigenvalue weighted by Crippen LogP contribution is -2.35. The van der Waals surface area contributed by atoms with Gasteiger partial charge in [-0.2, -0.15) is 0 Å². The highest BCUT2D eigenvalue weighted by Crippen LogP contribution is 1.96. The summed E-state index contributed by atoms with van der Waals surface area (Å²) in [7, 11) is 6.17. The Morgan fingerprint density at radius 2 is 1.33 bits per heavy atom. The number of rotatable bonds is 6. The van der Waals surface area contributed by atoms with Crippen LogP contribution in [0.4, 0.5) is 0 Å². The van der Waals surface area contributed by atoms with Crippen molar-refractivity contribution in [3.05, 3.63) is 12.2 Å². The van der Waals surface area contributed by atoms with Crippen LogP contribution in [0.2, 0.25) is 0 Å². The molecule has 7 nitrogen and oxygen atoms in total. The highest BCUT2D eigenvalue weighted by molar-refractivity contribution is 5.89. The van der Waals surface area contributed by atoms with E-state index in [0.29, 0.717) is 12.2 Å². The van der Waals surface area contributed by atoms with Crippen LogP contribution in [0.25, 0.3) is 0 Å². The van der Waals surface area contributed by atoms with Crippen LogP contribution in [0.3, 0.4) is 0 Å². The number of quaternary nitrogens is 1. The molecular weight excluding hydrogens is 242 g/mol. The lowest BCUT2D eigenvalue weighted by atomic mass is 10.3. The first-order valence-electron chi connectivity index (χ1n) is 5.21.